The van der Waals surface area contributed by atoms with Gasteiger partial charge in [-0.25, -0.2) is 9.18 Å². The van der Waals surface area contributed by atoms with Crippen molar-refractivity contribution in [3.8, 4) is 11.5 Å². The molecular formula is C23H23FO4. The normalized spacial score (nSPS) is 11.2. The van der Waals surface area contributed by atoms with Gasteiger partial charge in [0.15, 0.2) is 11.6 Å². The number of halogens is 1. The lowest BCUT2D eigenvalue weighted by atomic mass is 10.1. The van der Waals surface area contributed by atoms with Crippen LogP contribution in [0.15, 0.2) is 63.8 Å². The second-order valence-corrected chi connectivity index (χ2v) is 6.40. The molecule has 1 heterocycles. The van der Waals surface area contributed by atoms with Crippen LogP contribution < -0.4 is 15.1 Å². The third kappa shape index (κ3) is 4.60. The molecule has 0 aliphatic carbocycles. The molecule has 0 fully saturated rings. The number of fused-ring (bicyclic) bond motifs is 1. The smallest absolute Gasteiger partial charge is 0.346 e. The van der Waals surface area contributed by atoms with Crippen LogP contribution in [0.25, 0.3) is 10.8 Å². The summed E-state index contributed by atoms with van der Waals surface area (Å²) in [5.74, 6) is 0.640. The van der Waals surface area contributed by atoms with Crippen molar-refractivity contribution in [3.63, 3.8) is 0 Å². The third-order valence-electron chi connectivity index (χ3n) is 4.28. The molecule has 0 aliphatic heterocycles. The highest BCUT2D eigenvalue weighted by Gasteiger charge is 2.14. The first-order chi connectivity index (χ1) is 13.6. The van der Waals surface area contributed by atoms with Crippen LogP contribution >= 0.6 is 0 Å². The maximum absolute atomic E-state index is 14.8. The fourth-order valence-corrected chi connectivity index (χ4v) is 2.84. The van der Waals surface area contributed by atoms with Gasteiger partial charge in [0.2, 0.25) is 0 Å². The van der Waals surface area contributed by atoms with Crippen molar-refractivity contribution in [1.82, 2.24) is 0 Å². The number of allylic oxidation sites excluding steroid dienone is 1. The van der Waals surface area contributed by atoms with Crippen molar-refractivity contribution in [1.29, 1.82) is 0 Å². The fraction of sp³-hybridized carbons (Fsp3) is 0.261. The van der Waals surface area contributed by atoms with E-state index in [0.717, 1.165) is 17.7 Å². The summed E-state index contributed by atoms with van der Waals surface area (Å²) < 4.78 is 31.1. The molecule has 0 atom stereocenters. The zero-order valence-electron chi connectivity index (χ0n) is 16.0. The molecule has 146 valence electrons. The van der Waals surface area contributed by atoms with Crippen LogP contribution in [-0.2, 0) is 13.0 Å². The lowest BCUT2D eigenvalue weighted by molar-refractivity contribution is 0.291. The first-order valence-electron chi connectivity index (χ1n) is 9.33. The summed E-state index contributed by atoms with van der Waals surface area (Å²) in [7, 11) is 0. The molecule has 5 heteroatoms. The van der Waals surface area contributed by atoms with E-state index in [4.69, 9.17) is 13.9 Å². The van der Waals surface area contributed by atoms with Gasteiger partial charge in [0.1, 0.15) is 30.1 Å². The molecule has 0 aliphatic rings. The Morgan fingerprint density at radius 3 is 2.61 bits per heavy atom. The Morgan fingerprint density at radius 1 is 1.11 bits per heavy atom. The number of hydrogen-bond acceptors (Lipinski definition) is 4. The van der Waals surface area contributed by atoms with Crippen LogP contribution in [0, 0.1) is 5.82 Å². The van der Waals surface area contributed by atoms with Gasteiger partial charge in [0.25, 0.3) is 0 Å². The maximum Gasteiger partial charge on any atom is 0.346 e. The Balaban J connectivity index is 1.74. The Morgan fingerprint density at radius 2 is 1.89 bits per heavy atom. The molecule has 3 rings (SSSR count). The molecule has 0 amide bonds. The molecular weight excluding hydrogens is 359 g/mol. The summed E-state index contributed by atoms with van der Waals surface area (Å²) in [4.78, 5) is 12.2. The molecule has 0 N–H and O–H groups in total. The predicted molar refractivity (Wildman–Crippen MR) is 108 cm³/mol. The van der Waals surface area contributed by atoms with Crippen LogP contribution in [0.5, 0.6) is 11.5 Å². The summed E-state index contributed by atoms with van der Waals surface area (Å²) in [6.45, 7) is 4.61. The summed E-state index contributed by atoms with van der Waals surface area (Å²) in [5, 5.41) is 0.442. The van der Waals surface area contributed by atoms with E-state index < -0.39 is 11.4 Å². The Kier molecular flexibility index (Phi) is 6.48. The molecule has 0 unspecified atom stereocenters. The average molecular weight is 382 g/mol. The molecule has 1 aromatic heterocycles. The van der Waals surface area contributed by atoms with Gasteiger partial charge in [-0.15, -0.1) is 0 Å². The molecule has 0 bridgehead atoms. The van der Waals surface area contributed by atoms with Gasteiger partial charge < -0.3 is 13.9 Å². The van der Waals surface area contributed by atoms with Crippen molar-refractivity contribution in [3.05, 3.63) is 82.2 Å². The predicted octanol–water partition coefficient (Wildman–Crippen LogP) is 5.42. The van der Waals surface area contributed by atoms with E-state index >= 15 is 0 Å². The van der Waals surface area contributed by atoms with E-state index in [1.54, 1.807) is 18.2 Å². The molecule has 0 spiro atoms. The average Bonchev–Trinajstić information content (AvgIpc) is 2.69. The highest BCUT2D eigenvalue weighted by molar-refractivity contribution is 5.83. The molecule has 0 saturated carbocycles. The first-order valence-corrected chi connectivity index (χ1v) is 9.33. The van der Waals surface area contributed by atoms with E-state index in [9.17, 15) is 9.18 Å². The van der Waals surface area contributed by atoms with Gasteiger partial charge in [-0.3, -0.25) is 0 Å². The minimum atomic E-state index is -0.694. The molecule has 3 aromatic rings. The van der Waals surface area contributed by atoms with Crippen molar-refractivity contribution < 1.29 is 18.3 Å². The van der Waals surface area contributed by atoms with Crippen LogP contribution in [0.3, 0.4) is 0 Å². The van der Waals surface area contributed by atoms with Gasteiger partial charge in [0, 0.05) is 6.42 Å². The molecule has 2 aromatic carbocycles. The Hall–Kier alpha value is -3.08. The van der Waals surface area contributed by atoms with E-state index in [0.29, 0.717) is 24.2 Å². The lowest BCUT2D eigenvalue weighted by Gasteiger charge is -2.10. The van der Waals surface area contributed by atoms with Crippen LogP contribution in [0.2, 0.25) is 0 Å². The number of rotatable bonds is 8. The summed E-state index contributed by atoms with van der Waals surface area (Å²) in [6.07, 6.45) is 5.32. The van der Waals surface area contributed by atoms with Gasteiger partial charge in [-0.05, 0) is 48.6 Å². The Labute approximate surface area is 163 Å². The summed E-state index contributed by atoms with van der Waals surface area (Å²) in [5.41, 5.74) is 0.190. The minimum absolute atomic E-state index is 0.0245. The number of hydrogen-bond donors (Lipinski definition) is 0. The van der Waals surface area contributed by atoms with E-state index in [-0.39, 0.29) is 17.7 Å². The van der Waals surface area contributed by atoms with E-state index in [2.05, 4.69) is 0 Å². The number of benzene rings is 2. The highest BCUT2D eigenvalue weighted by Crippen LogP contribution is 2.26. The molecule has 4 nitrogen and oxygen atoms in total. The van der Waals surface area contributed by atoms with Crippen LogP contribution in [0.4, 0.5) is 4.39 Å². The largest absolute Gasteiger partial charge is 0.490 e. The lowest BCUT2D eigenvalue weighted by Crippen LogP contribution is -2.06. The standard InChI is InChI=1S/C23H23FO4/c1-3-5-13-26-18-10-7-16(8-11-18)15-27-20-12-9-17-14-19(6-4-2)28-23(25)21(17)22(20)24/h3,5,7-12,14H,4,6,13,15H2,1-2H3/b5-3+. The van der Waals surface area contributed by atoms with Gasteiger partial charge in [0.05, 0.1) is 0 Å². The number of aryl methyl sites for hydroxylation is 1. The number of ether oxygens (including phenoxy) is 2. The monoisotopic (exact) mass is 382 g/mol. The van der Waals surface area contributed by atoms with Crippen molar-refractivity contribution in [2.75, 3.05) is 6.61 Å². The third-order valence-corrected chi connectivity index (χ3v) is 4.28. The zero-order valence-corrected chi connectivity index (χ0v) is 16.0. The van der Waals surface area contributed by atoms with Gasteiger partial charge in [-0.1, -0.05) is 37.3 Å². The second-order valence-electron chi connectivity index (χ2n) is 6.40. The minimum Gasteiger partial charge on any atom is -0.490 e. The van der Waals surface area contributed by atoms with Gasteiger partial charge in [-0.2, -0.15) is 0 Å². The quantitative estimate of drug-likeness (QED) is 0.488. The van der Waals surface area contributed by atoms with E-state index in [1.165, 1.54) is 0 Å². The van der Waals surface area contributed by atoms with Crippen LogP contribution in [0.1, 0.15) is 31.6 Å². The summed E-state index contributed by atoms with van der Waals surface area (Å²) in [6, 6.07) is 12.3. The molecule has 0 saturated heterocycles. The molecule has 28 heavy (non-hydrogen) atoms. The topological polar surface area (TPSA) is 48.7 Å². The zero-order chi connectivity index (χ0) is 19.9. The highest BCUT2D eigenvalue weighted by atomic mass is 19.1. The summed E-state index contributed by atoms with van der Waals surface area (Å²) >= 11 is 0. The second kappa shape index (κ2) is 9.22. The van der Waals surface area contributed by atoms with E-state index in [1.807, 2.05) is 50.3 Å². The SMILES string of the molecule is C/C=C/COc1ccc(COc2ccc3cc(CCC)oc(=O)c3c2F)cc1. The van der Waals surface area contributed by atoms with Crippen molar-refractivity contribution in [2.24, 2.45) is 0 Å². The maximum atomic E-state index is 14.8. The van der Waals surface area contributed by atoms with Crippen LogP contribution in [-0.4, -0.2) is 6.61 Å². The van der Waals surface area contributed by atoms with Crippen molar-refractivity contribution >= 4 is 10.8 Å². The van der Waals surface area contributed by atoms with Crippen molar-refractivity contribution in [2.45, 2.75) is 33.3 Å². The van der Waals surface area contributed by atoms with Gasteiger partial charge >= 0.3 is 5.63 Å². The fourth-order valence-electron chi connectivity index (χ4n) is 2.84. The first kappa shape index (κ1) is 19.7. The Bertz CT molecular complexity index is 1020. The molecule has 0 radical (unpaired) electrons.